The summed E-state index contributed by atoms with van der Waals surface area (Å²) < 4.78 is 10.7. The summed E-state index contributed by atoms with van der Waals surface area (Å²) in [6.07, 6.45) is 1.68. The molecule has 0 fully saturated rings. The molecular weight excluding hydrogens is 406 g/mol. The van der Waals surface area contributed by atoms with Gasteiger partial charge in [-0.05, 0) is 42.0 Å². The first kappa shape index (κ1) is 20.9. The molecule has 0 saturated heterocycles. The Morgan fingerprint density at radius 1 is 0.938 bits per heavy atom. The predicted molar refractivity (Wildman–Crippen MR) is 122 cm³/mol. The number of esters is 1. The highest BCUT2D eigenvalue weighted by Crippen LogP contribution is 2.27. The van der Waals surface area contributed by atoms with Gasteiger partial charge in [0.1, 0.15) is 17.1 Å². The van der Waals surface area contributed by atoms with Crippen LogP contribution in [0.5, 0.6) is 11.5 Å². The van der Waals surface area contributed by atoms with Crippen molar-refractivity contribution >= 4 is 28.6 Å². The largest absolute Gasteiger partial charge is 0.465 e. The maximum atomic E-state index is 12.5. The molecule has 2 N–H and O–H groups in total. The van der Waals surface area contributed by atoms with Gasteiger partial charge in [0.15, 0.2) is 0 Å². The number of carbonyl (C=O) groups is 2. The molecule has 0 radical (unpaired) electrons. The van der Waals surface area contributed by atoms with Gasteiger partial charge < -0.3 is 20.1 Å². The lowest BCUT2D eigenvalue weighted by Crippen LogP contribution is -2.28. The van der Waals surface area contributed by atoms with Crippen LogP contribution in [-0.4, -0.2) is 24.1 Å². The summed E-state index contributed by atoms with van der Waals surface area (Å²) in [6.45, 7) is 0.233. The van der Waals surface area contributed by atoms with Crippen LogP contribution in [0.1, 0.15) is 15.9 Å². The number of pyridine rings is 1. The molecule has 0 atom stereocenters. The first-order chi connectivity index (χ1) is 15.6. The number of ether oxygens (including phenoxy) is 2. The molecule has 32 heavy (non-hydrogen) atoms. The molecule has 3 aromatic carbocycles. The van der Waals surface area contributed by atoms with Crippen LogP contribution >= 0.6 is 0 Å². The number of hydrogen-bond acceptors (Lipinski definition) is 5. The lowest BCUT2D eigenvalue weighted by atomic mass is 10.1. The van der Waals surface area contributed by atoms with Crippen LogP contribution in [-0.2, 0) is 11.3 Å². The molecule has 4 aromatic rings. The Hall–Kier alpha value is -4.39. The Bertz CT molecular complexity index is 1250. The lowest BCUT2D eigenvalue weighted by molar-refractivity contribution is 0.0598. The van der Waals surface area contributed by atoms with Crippen LogP contribution in [0.25, 0.3) is 10.9 Å². The summed E-state index contributed by atoms with van der Waals surface area (Å²) >= 11 is 0. The molecule has 0 aliphatic heterocycles. The third-order valence-electron chi connectivity index (χ3n) is 4.76. The number of aromatic nitrogens is 1. The average Bonchev–Trinajstić information content (AvgIpc) is 2.83. The number of rotatable bonds is 6. The fraction of sp³-hybridized carbons (Fsp3) is 0.0800. The molecule has 0 aliphatic carbocycles. The van der Waals surface area contributed by atoms with Crippen LogP contribution in [0.2, 0.25) is 0 Å². The van der Waals surface area contributed by atoms with Crippen molar-refractivity contribution in [2.45, 2.75) is 6.54 Å². The number of urea groups is 1. The lowest BCUT2D eigenvalue weighted by Gasteiger charge is -2.13. The van der Waals surface area contributed by atoms with E-state index >= 15 is 0 Å². The third kappa shape index (κ3) is 4.84. The second-order valence-electron chi connectivity index (χ2n) is 6.93. The van der Waals surface area contributed by atoms with Crippen molar-refractivity contribution < 1.29 is 19.1 Å². The third-order valence-corrected chi connectivity index (χ3v) is 4.76. The van der Waals surface area contributed by atoms with Crippen molar-refractivity contribution in [3.05, 3.63) is 96.2 Å². The fourth-order valence-corrected chi connectivity index (χ4v) is 3.21. The minimum Gasteiger partial charge on any atom is -0.465 e. The smallest absolute Gasteiger partial charge is 0.341 e. The van der Waals surface area contributed by atoms with Crippen molar-refractivity contribution in [2.75, 3.05) is 12.4 Å². The highest BCUT2D eigenvalue weighted by atomic mass is 16.5. The van der Waals surface area contributed by atoms with Crippen molar-refractivity contribution in [1.82, 2.24) is 10.3 Å². The molecule has 7 heteroatoms. The number of fused-ring (bicyclic) bond motifs is 1. The van der Waals surface area contributed by atoms with E-state index in [1.54, 1.807) is 42.6 Å². The number of amides is 2. The molecule has 2 amide bonds. The van der Waals surface area contributed by atoms with Gasteiger partial charge in [0.2, 0.25) is 0 Å². The van der Waals surface area contributed by atoms with E-state index in [1.165, 1.54) is 7.11 Å². The summed E-state index contributed by atoms with van der Waals surface area (Å²) in [5, 5.41) is 6.58. The predicted octanol–water partition coefficient (Wildman–Crippen LogP) is 5.14. The number of methoxy groups -OCH3 is 1. The van der Waals surface area contributed by atoms with E-state index in [-0.39, 0.29) is 12.6 Å². The zero-order valence-electron chi connectivity index (χ0n) is 17.4. The normalized spacial score (nSPS) is 10.4. The zero-order chi connectivity index (χ0) is 22.3. The van der Waals surface area contributed by atoms with Gasteiger partial charge in [-0.25, -0.2) is 9.59 Å². The summed E-state index contributed by atoms with van der Waals surface area (Å²) in [7, 11) is 1.32. The van der Waals surface area contributed by atoms with Gasteiger partial charge in [-0.3, -0.25) is 4.98 Å². The first-order valence-electron chi connectivity index (χ1n) is 9.97. The van der Waals surface area contributed by atoms with Crippen LogP contribution < -0.4 is 15.4 Å². The van der Waals surface area contributed by atoms with Gasteiger partial charge >= 0.3 is 12.0 Å². The highest BCUT2D eigenvalue weighted by Gasteiger charge is 2.15. The SMILES string of the molecule is COC(=O)c1ccc(CNC(=O)Nc2cccc3cccnc23)cc1Oc1ccccc1. The Labute approximate surface area is 185 Å². The average molecular weight is 427 g/mol. The standard InChI is InChI=1S/C25H21N3O4/c1-31-24(29)20-13-12-17(15-22(20)32-19-9-3-2-4-10-19)16-27-25(30)28-21-11-5-7-18-8-6-14-26-23(18)21/h2-15H,16H2,1H3,(H2,27,28,30). The van der Waals surface area contributed by atoms with E-state index in [0.717, 1.165) is 10.9 Å². The fourth-order valence-electron chi connectivity index (χ4n) is 3.21. The number of anilines is 1. The van der Waals surface area contributed by atoms with Gasteiger partial charge in [0.25, 0.3) is 0 Å². The van der Waals surface area contributed by atoms with Gasteiger partial charge in [-0.15, -0.1) is 0 Å². The van der Waals surface area contributed by atoms with E-state index in [4.69, 9.17) is 9.47 Å². The summed E-state index contributed by atoms with van der Waals surface area (Å²) in [5.41, 5.74) is 2.39. The Morgan fingerprint density at radius 2 is 1.75 bits per heavy atom. The van der Waals surface area contributed by atoms with Crippen molar-refractivity contribution in [1.29, 1.82) is 0 Å². The second-order valence-corrected chi connectivity index (χ2v) is 6.93. The number of nitrogens with zero attached hydrogens (tertiary/aromatic N) is 1. The molecule has 160 valence electrons. The minimum atomic E-state index is -0.503. The van der Waals surface area contributed by atoms with E-state index in [9.17, 15) is 9.59 Å². The van der Waals surface area contributed by atoms with Crippen LogP contribution in [0.3, 0.4) is 0 Å². The molecular formula is C25H21N3O4. The van der Waals surface area contributed by atoms with Crippen LogP contribution in [0.15, 0.2) is 85.1 Å². The van der Waals surface area contributed by atoms with E-state index < -0.39 is 5.97 Å². The molecule has 0 bridgehead atoms. The maximum absolute atomic E-state index is 12.5. The van der Waals surface area contributed by atoms with Gasteiger partial charge in [-0.1, -0.05) is 42.5 Å². The number of hydrogen-bond donors (Lipinski definition) is 2. The topological polar surface area (TPSA) is 89.5 Å². The molecule has 0 saturated carbocycles. The molecule has 1 aromatic heterocycles. The molecule has 1 heterocycles. The molecule has 0 aliphatic rings. The first-order valence-corrected chi connectivity index (χ1v) is 9.97. The number of benzene rings is 3. The Balaban J connectivity index is 1.48. The maximum Gasteiger partial charge on any atom is 0.341 e. The molecule has 0 unspecified atom stereocenters. The van der Waals surface area contributed by atoms with E-state index in [1.807, 2.05) is 42.5 Å². The Kier molecular flexibility index (Phi) is 6.27. The Morgan fingerprint density at radius 3 is 2.56 bits per heavy atom. The minimum absolute atomic E-state index is 0.233. The number of nitrogens with one attached hydrogen (secondary N) is 2. The molecule has 0 spiro atoms. The van der Waals surface area contributed by atoms with E-state index in [0.29, 0.717) is 28.3 Å². The van der Waals surface area contributed by atoms with Crippen LogP contribution in [0, 0.1) is 0 Å². The van der Waals surface area contributed by atoms with Crippen molar-refractivity contribution in [3.63, 3.8) is 0 Å². The number of carbonyl (C=O) groups excluding carboxylic acids is 2. The van der Waals surface area contributed by atoms with Gasteiger partial charge in [0.05, 0.1) is 18.3 Å². The second kappa shape index (κ2) is 9.61. The molecule has 4 rings (SSSR count). The zero-order valence-corrected chi connectivity index (χ0v) is 17.4. The summed E-state index contributed by atoms with van der Waals surface area (Å²) in [5.74, 6) is 0.432. The van der Waals surface area contributed by atoms with Crippen LogP contribution in [0.4, 0.5) is 10.5 Å². The van der Waals surface area contributed by atoms with Crippen molar-refractivity contribution in [2.24, 2.45) is 0 Å². The monoisotopic (exact) mass is 427 g/mol. The van der Waals surface area contributed by atoms with Gasteiger partial charge in [0, 0.05) is 18.1 Å². The quantitative estimate of drug-likeness (QED) is 0.416. The summed E-state index contributed by atoms with van der Waals surface area (Å²) in [6, 6.07) is 23.2. The number of para-hydroxylation sites is 2. The van der Waals surface area contributed by atoms with Crippen molar-refractivity contribution in [3.8, 4) is 11.5 Å². The highest BCUT2D eigenvalue weighted by molar-refractivity contribution is 5.99. The van der Waals surface area contributed by atoms with E-state index in [2.05, 4.69) is 15.6 Å². The summed E-state index contributed by atoms with van der Waals surface area (Å²) in [4.78, 5) is 28.9. The molecule has 7 nitrogen and oxygen atoms in total. The van der Waals surface area contributed by atoms with Gasteiger partial charge in [-0.2, -0.15) is 0 Å².